The van der Waals surface area contributed by atoms with Gasteiger partial charge in [0.25, 0.3) is 11.4 Å². The van der Waals surface area contributed by atoms with Crippen molar-refractivity contribution in [1.29, 1.82) is 0 Å². The maximum Gasteiger partial charge on any atom is 0.418 e. The quantitative estimate of drug-likeness (QED) is 0.501. The van der Waals surface area contributed by atoms with Crippen LogP contribution in [-0.2, 0) is 6.18 Å². The third kappa shape index (κ3) is 3.81. The van der Waals surface area contributed by atoms with Gasteiger partial charge in [-0.05, 0) is 24.6 Å². The first-order valence-corrected chi connectivity index (χ1v) is 7.44. The molecule has 0 heterocycles. The molecule has 2 aromatic rings. The lowest BCUT2D eigenvalue weighted by atomic mass is 10.1. The molecule has 0 fully saturated rings. The summed E-state index contributed by atoms with van der Waals surface area (Å²) in [6.45, 7) is 1.50. The Hall–Kier alpha value is -2.59. The van der Waals surface area contributed by atoms with Crippen LogP contribution in [0.4, 0.5) is 35.9 Å². The fourth-order valence-electron chi connectivity index (χ4n) is 2.11. The molecule has 12 heteroatoms. The number of benzene rings is 2. The summed E-state index contributed by atoms with van der Waals surface area (Å²) < 4.78 is 40.0. The highest BCUT2D eigenvalue weighted by atomic mass is 35.5. The van der Waals surface area contributed by atoms with Crippen LogP contribution in [0.3, 0.4) is 0 Å². The third-order valence-corrected chi connectivity index (χ3v) is 4.29. The number of non-ortho nitro benzene ring substituents is 1. The zero-order valence-corrected chi connectivity index (χ0v) is 14.2. The first-order chi connectivity index (χ1) is 11.9. The number of anilines is 2. The van der Waals surface area contributed by atoms with Gasteiger partial charge in [-0.2, -0.15) is 13.2 Å². The molecule has 0 aliphatic carbocycles. The van der Waals surface area contributed by atoms with Crippen LogP contribution in [0.2, 0.25) is 10.0 Å². The fraction of sp³-hybridized carbons (Fsp3) is 0.143. The highest BCUT2D eigenvalue weighted by Crippen LogP contribution is 2.45. The van der Waals surface area contributed by atoms with E-state index in [0.717, 1.165) is 0 Å². The van der Waals surface area contributed by atoms with E-state index in [9.17, 15) is 33.4 Å². The van der Waals surface area contributed by atoms with E-state index < -0.39 is 38.6 Å². The molecular formula is C14H8Cl2F3N3O4. The molecule has 1 N–H and O–H groups in total. The van der Waals surface area contributed by atoms with Crippen molar-refractivity contribution >= 4 is 46.0 Å². The smallest absolute Gasteiger partial charge is 0.348 e. The minimum Gasteiger partial charge on any atom is -0.348 e. The summed E-state index contributed by atoms with van der Waals surface area (Å²) in [5.74, 6) is 0. The van der Waals surface area contributed by atoms with E-state index in [1.807, 2.05) is 0 Å². The first-order valence-electron chi connectivity index (χ1n) is 6.69. The van der Waals surface area contributed by atoms with Crippen molar-refractivity contribution in [3.8, 4) is 0 Å². The van der Waals surface area contributed by atoms with Crippen molar-refractivity contribution in [1.82, 2.24) is 0 Å². The predicted molar refractivity (Wildman–Crippen MR) is 89.2 cm³/mol. The lowest BCUT2D eigenvalue weighted by Crippen LogP contribution is -2.12. The first kappa shape index (κ1) is 19.7. The summed E-state index contributed by atoms with van der Waals surface area (Å²) in [7, 11) is 0. The van der Waals surface area contributed by atoms with E-state index in [2.05, 4.69) is 5.32 Å². The number of nitro groups is 2. The van der Waals surface area contributed by atoms with Gasteiger partial charge in [-0.25, -0.2) is 0 Å². The van der Waals surface area contributed by atoms with Gasteiger partial charge < -0.3 is 5.32 Å². The van der Waals surface area contributed by atoms with Gasteiger partial charge in [-0.3, -0.25) is 20.2 Å². The molecule has 0 spiro atoms. The summed E-state index contributed by atoms with van der Waals surface area (Å²) in [6.07, 6.45) is -5.09. The van der Waals surface area contributed by atoms with Crippen molar-refractivity contribution in [2.24, 2.45) is 0 Å². The molecular weight excluding hydrogens is 402 g/mol. The number of hydrogen-bond donors (Lipinski definition) is 1. The second-order valence-corrected chi connectivity index (χ2v) is 5.84. The fourth-order valence-corrected chi connectivity index (χ4v) is 2.53. The van der Waals surface area contributed by atoms with Crippen LogP contribution in [-0.4, -0.2) is 9.85 Å². The Morgan fingerprint density at radius 2 is 1.69 bits per heavy atom. The van der Waals surface area contributed by atoms with Crippen LogP contribution in [0.15, 0.2) is 24.3 Å². The largest absolute Gasteiger partial charge is 0.418 e. The number of nitrogens with one attached hydrogen (secondary N) is 1. The molecule has 0 amide bonds. The molecule has 0 bridgehead atoms. The standard InChI is InChI=1S/C14H8Cl2F3N3O4/c1-6-9(15)2-3-10(12(6)16)20-13-8(14(17,18)19)4-7(21(23)24)5-11(13)22(25)26/h2-5,20H,1H3. The monoisotopic (exact) mass is 409 g/mol. The molecule has 0 radical (unpaired) electrons. The number of hydrogen-bond acceptors (Lipinski definition) is 5. The molecule has 0 saturated carbocycles. The normalized spacial score (nSPS) is 11.3. The number of halogens is 5. The summed E-state index contributed by atoms with van der Waals surface area (Å²) in [5.41, 5.74) is -4.44. The molecule has 2 rings (SSSR count). The Bertz CT molecular complexity index is 919. The van der Waals surface area contributed by atoms with Gasteiger partial charge in [-0.1, -0.05) is 23.2 Å². The number of rotatable bonds is 4. The average molecular weight is 410 g/mol. The van der Waals surface area contributed by atoms with Crippen LogP contribution in [0.25, 0.3) is 0 Å². The molecule has 0 saturated heterocycles. The van der Waals surface area contributed by atoms with Gasteiger partial charge >= 0.3 is 6.18 Å². The average Bonchev–Trinajstić information content (AvgIpc) is 2.53. The Morgan fingerprint density at radius 1 is 1.08 bits per heavy atom. The summed E-state index contributed by atoms with van der Waals surface area (Å²) in [4.78, 5) is 19.7. The van der Waals surface area contributed by atoms with Crippen molar-refractivity contribution < 1.29 is 23.0 Å². The second kappa shape index (κ2) is 6.96. The van der Waals surface area contributed by atoms with Crippen LogP contribution in [0, 0.1) is 27.2 Å². The zero-order valence-electron chi connectivity index (χ0n) is 12.7. The highest BCUT2D eigenvalue weighted by molar-refractivity contribution is 6.37. The number of alkyl halides is 3. The van der Waals surface area contributed by atoms with Crippen molar-refractivity contribution in [2.75, 3.05) is 5.32 Å². The van der Waals surface area contributed by atoms with Crippen LogP contribution >= 0.6 is 23.2 Å². The van der Waals surface area contributed by atoms with E-state index in [0.29, 0.717) is 11.6 Å². The van der Waals surface area contributed by atoms with Crippen molar-refractivity contribution in [3.63, 3.8) is 0 Å². The van der Waals surface area contributed by atoms with Gasteiger partial charge in [0.2, 0.25) is 0 Å². The van der Waals surface area contributed by atoms with Gasteiger partial charge in [0, 0.05) is 11.1 Å². The highest BCUT2D eigenvalue weighted by Gasteiger charge is 2.39. The molecule has 138 valence electrons. The second-order valence-electron chi connectivity index (χ2n) is 5.06. The number of nitro benzene ring substituents is 2. The van der Waals surface area contributed by atoms with E-state index in [1.165, 1.54) is 19.1 Å². The van der Waals surface area contributed by atoms with E-state index in [1.54, 1.807) is 0 Å². The Morgan fingerprint density at radius 3 is 2.19 bits per heavy atom. The Balaban J connectivity index is 2.76. The minimum atomic E-state index is -5.09. The Labute approximate surface area is 153 Å². The molecule has 0 unspecified atom stereocenters. The van der Waals surface area contributed by atoms with Gasteiger partial charge in [0.1, 0.15) is 5.69 Å². The molecule has 0 atom stereocenters. The number of nitrogens with zero attached hydrogens (tertiary/aromatic N) is 2. The van der Waals surface area contributed by atoms with E-state index >= 15 is 0 Å². The van der Waals surface area contributed by atoms with Crippen molar-refractivity contribution in [2.45, 2.75) is 13.1 Å². The van der Waals surface area contributed by atoms with Gasteiger partial charge in [-0.15, -0.1) is 0 Å². The molecule has 7 nitrogen and oxygen atoms in total. The minimum absolute atomic E-state index is 0.0433. The SMILES string of the molecule is Cc1c(Cl)ccc(Nc2c([N+](=O)[O-])cc([N+](=O)[O-])cc2C(F)(F)F)c1Cl. The van der Waals surface area contributed by atoms with E-state index in [4.69, 9.17) is 23.2 Å². The summed E-state index contributed by atoms with van der Waals surface area (Å²) in [5, 5.41) is 24.5. The molecule has 0 aromatic heterocycles. The van der Waals surface area contributed by atoms with Crippen LogP contribution < -0.4 is 5.32 Å². The molecule has 0 aliphatic rings. The van der Waals surface area contributed by atoms with Crippen LogP contribution in [0.5, 0.6) is 0 Å². The topological polar surface area (TPSA) is 98.3 Å². The lowest BCUT2D eigenvalue weighted by molar-refractivity contribution is -0.394. The lowest BCUT2D eigenvalue weighted by Gasteiger charge is -2.16. The maximum atomic E-state index is 13.3. The maximum absolute atomic E-state index is 13.3. The predicted octanol–water partition coefficient (Wildman–Crippen LogP) is 5.88. The van der Waals surface area contributed by atoms with Gasteiger partial charge in [0.05, 0.1) is 32.2 Å². The zero-order chi connectivity index (χ0) is 19.8. The summed E-state index contributed by atoms with van der Waals surface area (Å²) >= 11 is 11.9. The van der Waals surface area contributed by atoms with Crippen molar-refractivity contribution in [3.05, 3.63) is 65.7 Å². The third-order valence-electron chi connectivity index (χ3n) is 3.40. The summed E-state index contributed by atoms with van der Waals surface area (Å²) in [6, 6.07) is 3.23. The molecule has 2 aromatic carbocycles. The molecule has 26 heavy (non-hydrogen) atoms. The van der Waals surface area contributed by atoms with E-state index in [-0.39, 0.29) is 21.8 Å². The van der Waals surface area contributed by atoms with Crippen LogP contribution in [0.1, 0.15) is 11.1 Å². The Kier molecular flexibility index (Phi) is 5.28. The molecule has 0 aliphatic heterocycles. The van der Waals surface area contributed by atoms with Gasteiger partial charge in [0.15, 0.2) is 0 Å².